The second kappa shape index (κ2) is 9.79. The molecule has 214 valence electrons. The molecule has 0 aromatic heterocycles. The molecule has 2 rings (SSSR count). The molecule has 0 radical (unpaired) electrons. The van der Waals surface area contributed by atoms with Crippen LogP contribution >= 0.6 is 0 Å². The minimum absolute atomic E-state index is 0.0549. The number of benzene rings is 2. The summed E-state index contributed by atoms with van der Waals surface area (Å²) >= 11 is 0. The largest absolute Gasteiger partial charge is 0.496 e. The molecule has 0 spiro atoms. The smallest absolute Gasteiger partial charge is 0.460 e. The fourth-order valence-corrected chi connectivity index (χ4v) is 3.75. The number of methoxy groups -OCH3 is 1. The highest BCUT2D eigenvalue weighted by Gasteiger charge is 2.90. The molecule has 2 atom stereocenters. The summed E-state index contributed by atoms with van der Waals surface area (Å²) in [5.41, 5.74) is -4.12. The van der Waals surface area contributed by atoms with E-state index in [1.165, 1.54) is 36.4 Å². The van der Waals surface area contributed by atoms with Crippen LogP contribution in [-0.4, -0.2) is 48.0 Å². The Balaban J connectivity index is 2.73. The summed E-state index contributed by atoms with van der Waals surface area (Å²) in [6.45, 7) is 0.973. The summed E-state index contributed by atoms with van der Waals surface area (Å²) in [6, 6.07) is 10.7. The Labute approximate surface area is 207 Å². The van der Waals surface area contributed by atoms with Gasteiger partial charge in [0.2, 0.25) is 0 Å². The van der Waals surface area contributed by atoms with Crippen LogP contribution in [0.4, 0.5) is 57.1 Å². The molecular formula is C23H19F13O2. The quantitative estimate of drug-likeness (QED) is 0.294. The fourth-order valence-electron chi connectivity index (χ4n) is 3.75. The Morgan fingerprint density at radius 3 is 1.58 bits per heavy atom. The van der Waals surface area contributed by atoms with E-state index in [-0.39, 0.29) is 5.56 Å². The Hall–Kier alpha value is -2.71. The van der Waals surface area contributed by atoms with E-state index in [2.05, 4.69) is 0 Å². The van der Waals surface area contributed by atoms with Crippen LogP contribution in [0.5, 0.6) is 5.75 Å². The molecule has 0 saturated carbocycles. The third-order valence-corrected chi connectivity index (χ3v) is 6.08. The number of ether oxygens (including phenoxy) is 1. The van der Waals surface area contributed by atoms with Crippen LogP contribution in [0.2, 0.25) is 0 Å². The molecule has 2 aromatic carbocycles. The van der Waals surface area contributed by atoms with Crippen LogP contribution in [-0.2, 0) is 5.60 Å². The summed E-state index contributed by atoms with van der Waals surface area (Å²) in [5, 5.41) is 11.3. The van der Waals surface area contributed by atoms with Crippen molar-refractivity contribution in [1.29, 1.82) is 0 Å². The van der Waals surface area contributed by atoms with E-state index in [1.807, 2.05) is 0 Å². The van der Waals surface area contributed by atoms with Crippen molar-refractivity contribution in [2.45, 2.75) is 60.7 Å². The number of alkyl halides is 13. The van der Waals surface area contributed by atoms with Crippen molar-refractivity contribution in [3.05, 3.63) is 65.7 Å². The molecule has 0 aliphatic carbocycles. The van der Waals surface area contributed by atoms with Crippen molar-refractivity contribution in [2.24, 2.45) is 0 Å². The number of hydrogen-bond acceptors (Lipinski definition) is 2. The van der Waals surface area contributed by atoms with Gasteiger partial charge in [-0.3, -0.25) is 0 Å². The zero-order valence-corrected chi connectivity index (χ0v) is 19.2. The van der Waals surface area contributed by atoms with Gasteiger partial charge in [0.25, 0.3) is 0 Å². The molecule has 15 heteroatoms. The molecule has 0 aliphatic heterocycles. The van der Waals surface area contributed by atoms with Crippen LogP contribution < -0.4 is 4.74 Å². The first kappa shape index (κ1) is 31.5. The molecule has 2 unspecified atom stereocenters. The topological polar surface area (TPSA) is 29.5 Å². The van der Waals surface area contributed by atoms with Gasteiger partial charge in [0.15, 0.2) is 0 Å². The molecular weight excluding hydrogens is 555 g/mol. The predicted molar refractivity (Wildman–Crippen MR) is 107 cm³/mol. The van der Waals surface area contributed by atoms with Gasteiger partial charge in [0.05, 0.1) is 13.5 Å². The van der Waals surface area contributed by atoms with Gasteiger partial charge in [-0.2, -0.15) is 57.1 Å². The molecule has 0 saturated heterocycles. The summed E-state index contributed by atoms with van der Waals surface area (Å²) in [6.07, 6.45) is -10.3. The van der Waals surface area contributed by atoms with Gasteiger partial charge in [-0.25, -0.2) is 0 Å². The SMILES string of the molecule is COc1ccccc1C(O)(CC(F)(F)C(F)(F)C(F)(F)C(F)(F)C(F)(F)C(F)(F)F)C(C)c1ccccc1. The zero-order valence-electron chi connectivity index (χ0n) is 19.2. The zero-order chi connectivity index (χ0) is 29.6. The first-order chi connectivity index (χ1) is 17.0. The number of hydrogen-bond donors (Lipinski definition) is 1. The summed E-state index contributed by atoms with van der Waals surface area (Å²) in [5.74, 6) is -40.0. The monoisotopic (exact) mass is 574 g/mol. The van der Waals surface area contributed by atoms with Gasteiger partial charge in [0.1, 0.15) is 11.4 Å². The van der Waals surface area contributed by atoms with Crippen LogP contribution in [0.3, 0.4) is 0 Å². The lowest BCUT2D eigenvalue weighted by atomic mass is 9.73. The normalized spacial score (nSPS) is 16.6. The second-order valence-corrected chi connectivity index (χ2v) is 8.43. The third kappa shape index (κ3) is 4.77. The first-order valence-corrected chi connectivity index (χ1v) is 10.4. The van der Waals surface area contributed by atoms with Crippen LogP contribution in [0.15, 0.2) is 54.6 Å². The fraction of sp³-hybridized carbons (Fsp3) is 0.478. The molecule has 1 N–H and O–H groups in total. The minimum atomic E-state index is -8.03. The summed E-state index contributed by atoms with van der Waals surface area (Å²) < 4.78 is 183. The van der Waals surface area contributed by atoms with E-state index in [4.69, 9.17) is 4.74 Å². The molecule has 2 nitrogen and oxygen atoms in total. The molecule has 2 aromatic rings. The number of rotatable bonds is 10. The predicted octanol–water partition coefficient (Wildman–Crippen LogP) is 7.82. The average Bonchev–Trinajstić information content (AvgIpc) is 2.82. The van der Waals surface area contributed by atoms with Crippen molar-refractivity contribution in [3.8, 4) is 5.75 Å². The van der Waals surface area contributed by atoms with Gasteiger partial charge in [0, 0.05) is 11.5 Å². The van der Waals surface area contributed by atoms with E-state index in [1.54, 1.807) is 0 Å². The molecule has 0 heterocycles. The van der Waals surface area contributed by atoms with Gasteiger partial charge in [-0.1, -0.05) is 55.5 Å². The van der Waals surface area contributed by atoms with Crippen LogP contribution in [0, 0.1) is 0 Å². The average molecular weight is 574 g/mol. The number of halogens is 13. The maximum Gasteiger partial charge on any atom is 0.460 e. The standard InChI is InChI=1S/C23H19F13O2/c1-13(14-8-4-3-5-9-14)17(37,15-10-6-7-11-16(15)38-2)12-18(24,25)19(26,27)20(28,29)21(30,31)22(32,33)23(34,35)36/h3-11,13,37H,12H2,1-2H3. The first-order valence-electron chi connectivity index (χ1n) is 10.4. The van der Waals surface area contributed by atoms with Crippen molar-refractivity contribution in [3.63, 3.8) is 0 Å². The second-order valence-electron chi connectivity index (χ2n) is 8.43. The molecule has 38 heavy (non-hydrogen) atoms. The van der Waals surface area contributed by atoms with Crippen molar-refractivity contribution in [1.82, 2.24) is 0 Å². The maximum atomic E-state index is 14.9. The Morgan fingerprint density at radius 2 is 1.11 bits per heavy atom. The van der Waals surface area contributed by atoms with Gasteiger partial charge in [-0.05, 0) is 11.6 Å². The van der Waals surface area contributed by atoms with E-state index in [0.717, 1.165) is 32.2 Å². The van der Waals surface area contributed by atoms with Gasteiger partial charge >= 0.3 is 35.8 Å². The number of aliphatic hydroxyl groups is 1. The Kier molecular flexibility index (Phi) is 8.12. The summed E-state index contributed by atoms with van der Waals surface area (Å²) in [7, 11) is 0.951. The van der Waals surface area contributed by atoms with E-state index >= 15 is 0 Å². The minimum Gasteiger partial charge on any atom is -0.496 e. The molecule has 0 fully saturated rings. The van der Waals surface area contributed by atoms with Gasteiger partial charge < -0.3 is 9.84 Å². The third-order valence-electron chi connectivity index (χ3n) is 6.08. The van der Waals surface area contributed by atoms with E-state index in [0.29, 0.717) is 0 Å². The van der Waals surface area contributed by atoms with Crippen LogP contribution in [0.1, 0.15) is 30.4 Å². The summed E-state index contributed by atoms with van der Waals surface area (Å²) in [4.78, 5) is 0. The molecule has 0 aliphatic rings. The maximum absolute atomic E-state index is 14.9. The lowest BCUT2D eigenvalue weighted by molar-refractivity contribution is -0.441. The van der Waals surface area contributed by atoms with Crippen molar-refractivity contribution in [2.75, 3.05) is 7.11 Å². The lowest BCUT2D eigenvalue weighted by Gasteiger charge is -2.43. The van der Waals surface area contributed by atoms with E-state index < -0.39 is 65.0 Å². The van der Waals surface area contributed by atoms with Crippen molar-refractivity contribution < 1.29 is 66.9 Å². The molecule has 0 bridgehead atoms. The van der Waals surface area contributed by atoms with E-state index in [9.17, 15) is 62.2 Å². The van der Waals surface area contributed by atoms with Crippen molar-refractivity contribution >= 4 is 0 Å². The Morgan fingerprint density at radius 1 is 0.658 bits per heavy atom. The van der Waals surface area contributed by atoms with Crippen LogP contribution in [0.25, 0.3) is 0 Å². The highest BCUT2D eigenvalue weighted by atomic mass is 19.4. The Bertz CT molecular complexity index is 1100. The lowest BCUT2D eigenvalue weighted by Crippen LogP contribution is -2.70. The number of para-hydroxylation sites is 1. The van der Waals surface area contributed by atoms with Gasteiger partial charge in [-0.15, -0.1) is 0 Å². The highest BCUT2D eigenvalue weighted by molar-refractivity contribution is 5.41. The highest BCUT2D eigenvalue weighted by Crippen LogP contribution is 2.62. The molecule has 0 amide bonds.